The number of methoxy groups -OCH3 is 3. The van der Waals surface area contributed by atoms with Crippen molar-refractivity contribution in [2.75, 3.05) is 27.9 Å². The van der Waals surface area contributed by atoms with E-state index in [-0.39, 0.29) is 24.9 Å². The van der Waals surface area contributed by atoms with Crippen LogP contribution in [0.25, 0.3) is 0 Å². The molecule has 2 N–H and O–H groups in total. The van der Waals surface area contributed by atoms with Crippen molar-refractivity contribution in [1.29, 1.82) is 0 Å². The van der Waals surface area contributed by atoms with Gasteiger partial charge in [0.1, 0.15) is 0 Å². The van der Waals surface area contributed by atoms with Crippen molar-refractivity contribution < 1.29 is 19.0 Å². The summed E-state index contributed by atoms with van der Waals surface area (Å²) in [5.74, 6) is 0.413. The lowest BCUT2D eigenvalue weighted by Crippen LogP contribution is -2.18. The first kappa shape index (κ1) is 15.6. The van der Waals surface area contributed by atoms with Gasteiger partial charge in [0.2, 0.25) is 0 Å². The molecule has 0 aliphatic carbocycles. The summed E-state index contributed by atoms with van der Waals surface area (Å²) in [5, 5.41) is 0.404. The van der Waals surface area contributed by atoms with Crippen molar-refractivity contribution in [3.05, 3.63) is 22.7 Å². The lowest BCUT2D eigenvalue weighted by Gasteiger charge is -2.18. The molecule has 5 nitrogen and oxygen atoms in total. The molecule has 1 atom stereocenters. The van der Waals surface area contributed by atoms with Crippen molar-refractivity contribution in [1.82, 2.24) is 0 Å². The minimum absolute atomic E-state index is 0.169. The molecule has 0 heterocycles. The molecule has 0 aliphatic heterocycles. The molecule has 0 bridgehead atoms. The second kappa shape index (κ2) is 7.21. The zero-order valence-corrected chi connectivity index (χ0v) is 12.0. The Balaban J connectivity index is 3.14. The maximum absolute atomic E-state index is 11.4. The molecule has 0 amide bonds. The third-order valence-electron chi connectivity index (χ3n) is 2.88. The van der Waals surface area contributed by atoms with Gasteiger partial charge < -0.3 is 19.9 Å². The Morgan fingerprint density at radius 1 is 1.32 bits per heavy atom. The summed E-state index contributed by atoms with van der Waals surface area (Å²) >= 11 is 6.28. The summed E-state index contributed by atoms with van der Waals surface area (Å²) in [7, 11) is 4.38. The molecule has 0 aliphatic rings. The van der Waals surface area contributed by atoms with Crippen LogP contribution in [0.5, 0.6) is 11.5 Å². The van der Waals surface area contributed by atoms with E-state index in [0.29, 0.717) is 16.5 Å². The molecule has 6 heteroatoms. The van der Waals surface area contributed by atoms with Crippen LogP contribution >= 0.6 is 11.6 Å². The van der Waals surface area contributed by atoms with Gasteiger partial charge in [0.15, 0.2) is 11.5 Å². The van der Waals surface area contributed by atoms with Crippen LogP contribution in [0.1, 0.15) is 17.9 Å². The van der Waals surface area contributed by atoms with Gasteiger partial charge in [0.05, 0.1) is 32.8 Å². The van der Waals surface area contributed by atoms with Crippen LogP contribution in [0.3, 0.4) is 0 Å². The fourth-order valence-electron chi connectivity index (χ4n) is 1.82. The molecular formula is C13H18ClNO4. The van der Waals surface area contributed by atoms with Crippen LogP contribution in [-0.2, 0) is 9.53 Å². The lowest BCUT2D eigenvalue weighted by atomic mass is 9.95. The number of carbonyl (C=O) groups is 1. The van der Waals surface area contributed by atoms with Gasteiger partial charge in [-0.25, -0.2) is 0 Å². The number of hydrogen-bond donors (Lipinski definition) is 1. The zero-order chi connectivity index (χ0) is 14.4. The largest absolute Gasteiger partial charge is 0.493 e. The summed E-state index contributed by atoms with van der Waals surface area (Å²) in [6, 6.07) is 3.52. The van der Waals surface area contributed by atoms with Crippen molar-refractivity contribution in [3.8, 4) is 11.5 Å². The fraction of sp³-hybridized carbons (Fsp3) is 0.462. The summed E-state index contributed by atoms with van der Waals surface area (Å²) in [4.78, 5) is 11.4. The average Bonchev–Trinajstić information content (AvgIpc) is 2.44. The van der Waals surface area contributed by atoms with E-state index in [0.717, 1.165) is 5.56 Å². The van der Waals surface area contributed by atoms with Gasteiger partial charge in [0.25, 0.3) is 0 Å². The quantitative estimate of drug-likeness (QED) is 0.810. The maximum Gasteiger partial charge on any atom is 0.306 e. The van der Waals surface area contributed by atoms with Gasteiger partial charge in [0, 0.05) is 5.92 Å². The highest BCUT2D eigenvalue weighted by Gasteiger charge is 2.21. The fourth-order valence-corrected chi connectivity index (χ4v) is 2.21. The predicted octanol–water partition coefficient (Wildman–Crippen LogP) is 1.96. The molecule has 1 rings (SSSR count). The van der Waals surface area contributed by atoms with E-state index in [1.54, 1.807) is 12.1 Å². The molecule has 1 aromatic carbocycles. The Bertz CT molecular complexity index is 451. The van der Waals surface area contributed by atoms with Crippen molar-refractivity contribution in [2.45, 2.75) is 12.3 Å². The topological polar surface area (TPSA) is 70.8 Å². The number of halogens is 1. The van der Waals surface area contributed by atoms with E-state index in [2.05, 4.69) is 4.74 Å². The average molecular weight is 288 g/mol. The number of nitrogens with two attached hydrogens (primary N) is 1. The molecule has 0 spiro atoms. The number of rotatable bonds is 6. The van der Waals surface area contributed by atoms with Crippen LogP contribution in [0.2, 0.25) is 5.02 Å². The molecule has 0 saturated heterocycles. The monoisotopic (exact) mass is 287 g/mol. The number of benzene rings is 1. The number of ether oxygens (including phenoxy) is 3. The first-order valence-electron chi connectivity index (χ1n) is 5.76. The highest BCUT2D eigenvalue weighted by molar-refractivity contribution is 6.33. The van der Waals surface area contributed by atoms with E-state index in [1.807, 2.05) is 0 Å². The Morgan fingerprint density at radius 2 is 2.00 bits per heavy atom. The van der Waals surface area contributed by atoms with E-state index >= 15 is 0 Å². The second-order valence-corrected chi connectivity index (χ2v) is 4.30. The van der Waals surface area contributed by atoms with Crippen LogP contribution in [0, 0.1) is 0 Å². The first-order chi connectivity index (χ1) is 9.08. The SMILES string of the molecule is COC(=O)CC(CN)c1ccc(OC)c(OC)c1Cl. The minimum atomic E-state index is -0.332. The highest BCUT2D eigenvalue weighted by atomic mass is 35.5. The minimum Gasteiger partial charge on any atom is -0.493 e. The Hall–Kier alpha value is -1.46. The van der Waals surface area contributed by atoms with Crippen molar-refractivity contribution in [3.63, 3.8) is 0 Å². The first-order valence-corrected chi connectivity index (χ1v) is 6.14. The Morgan fingerprint density at radius 3 is 2.47 bits per heavy atom. The van der Waals surface area contributed by atoms with Crippen LogP contribution in [-0.4, -0.2) is 33.8 Å². The molecule has 1 aromatic rings. The van der Waals surface area contributed by atoms with Gasteiger partial charge >= 0.3 is 5.97 Å². The molecule has 106 valence electrons. The second-order valence-electron chi connectivity index (χ2n) is 3.92. The Kier molecular flexibility index (Phi) is 5.92. The molecule has 0 radical (unpaired) electrons. The van der Waals surface area contributed by atoms with E-state index in [9.17, 15) is 4.79 Å². The van der Waals surface area contributed by atoms with E-state index < -0.39 is 0 Å². The number of hydrogen-bond acceptors (Lipinski definition) is 5. The van der Waals surface area contributed by atoms with Gasteiger partial charge in [-0.05, 0) is 18.2 Å². The number of carbonyl (C=O) groups excluding carboxylic acids is 1. The van der Waals surface area contributed by atoms with Crippen LogP contribution in [0.4, 0.5) is 0 Å². The van der Waals surface area contributed by atoms with Crippen LogP contribution in [0.15, 0.2) is 12.1 Å². The van der Waals surface area contributed by atoms with Crippen molar-refractivity contribution >= 4 is 17.6 Å². The molecule has 1 unspecified atom stereocenters. The Labute approximate surface area is 117 Å². The van der Waals surface area contributed by atoms with Crippen molar-refractivity contribution in [2.24, 2.45) is 5.73 Å². The highest BCUT2D eigenvalue weighted by Crippen LogP contribution is 2.40. The third-order valence-corrected chi connectivity index (χ3v) is 3.27. The normalized spacial score (nSPS) is 11.8. The molecule has 19 heavy (non-hydrogen) atoms. The van der Waals surface area contributed by atoms with Gasteiger partial charge in [-0.15, -0.1) is 0 Å². The summed E-state index contributed by atoms with van der Waals surface area (Å²) in [5.41, 5.74) is 6.44. The zero-order valence-electron chi connectivity index (χ0n) is 11.2. The maximum atomic E-state index is 11.4. The van der Waals surface area contributed by atoms with E-state index in [1.165, 1.54) is 21.3 Å². The van der Waals surface area contributed by atoms with Gasteiger partial charge in [-0.3, -0.25) is 4.79 Å². The molecule has 0 saturated carbocycles. The summed E-state index contributed by atoms with van der Waals surface area (Å²) < 4.78 is 15.0. The lowest BCUT2D eigenvalue weighted by molar-refractivity contribution is -0.141. The smallest absolute Gasteiger partial charge is 0.306 e. The van der Waals surface area contributed by atoms with Gasteiger partial charge in [-0.2, -0.15) is 0 Å². The predicted molar refractivity (Wildman–Crippen MR) is 73.0 cm³/mol. The third kappa shape index (κ3) is 3.52. The molecule has 0 aromatic heterocycles. The molecular weight excluding hydrogens is 270 g/mol. The van der Waals surface area contributed by atoms with Gasteiger partial charge in [-0.1, -0.05) is 17.7 Å². The molecule has 0 fully saturated rings. The van der Waals surface area contributed by atoms with E-state index in [4.69, 9.17) is 26.8 Å². The number of esters is 1. The summed E-state index contributed by atoms with van der Waals surface area (Å²) in [6.07, 6.45) is 0.169. The standard InChI is InChI=1S/C13H18ClNO4/c1-17-10-5-4-9(12(14)13(10)19-3)8(7-15)6-11(16)18-2/h4-5,8H,6-7,15H2,1-3H3. The van der Waals surface area contributed by atoms with Crippen LogP contribution < -0.4 is 15.2 Å². The summed E-state index contributed by atoms with van der Waals surface area (Å²) in [6.45, 7) is 0.282.